The van der Waals surface area contributed by atoms with Crippen LogP contribution in [0.4, 0.5) is 0 Å². The third-order valence-corrected chi connectivity index (χ3v) is 5.17. The van der Waals surface area contributed by atoms with E-state index in [1.807, 2.05) is 0 Å². The van der Waals surface area contributed by atoms with Gasteiger partial charge < -0.3 is 4.74 Å². The smallest absolute Gasteiger partial charge is 0.124 e. The highest BCUT2D eigenvalue weighted by atomic mass is 16.5. The van der Waals surface area contributed by atoms with Crippen LogP contribution in [-0.2, 0) is 5.41 Å². The minimum Gasteiger partial charge on any atom is -0.486 e. The van der Waals surface area contributed by atoms with Crippen molar-refractivity contribution in [1.82, 2.24) is 0 Å². The third-order valence-electron chi connectivity index (χ3n) is 5.17. The molecule has 1 nitrogen and oxygen atoms in total. The van der Waals surface area contributed by atoms with Crippen molar-refractivity contribution in [2.75, 3.05) is 0 Å². The van der Waals surface area contributed by atoms with Crippen LogP contribution in [0.25, 0.3) is 0 Å². The summed E-state index contributed by atoms with van der Waals surface area (Å²) in [6.45, 7) is 9.12. The monoisotopic (exact) mass is 216 g/mol. The highest BCUT2D eigenvalue weighted by molar-refractivity contribution is 5.50. The number of rotatable bonds is 0. The predicted octanol–water partition coefficient (Wildman–Crippen LogP) is 3.83. The van der Waals surface area contributed by atoms with E-state index in [1.165, 1.54) is 24.0 Å². The van der Waals surface area contributed by atoms with Crippen LogP contribution in [0, 0.1) is 12.8 Å². The molecule has 1 heteroatoms. The van der Waals surface area contributed by atoms with Crippen LogP contribution in [0.5, 0.6) is 5.75 Å². The molecule has 1 aromatic rings. The fourth-order valence-corrected chi connectivity index (χ4v) is 3.59. The number of benzene rings is 1. The van der Waals surface area contributed by atoms with Crippen LogP contribution in [0.3, 0.4) is 0 Å². The van der Waals surface area contributed by atoms with E-state index in [0.29, 0.717) is 5.92 Å². The summed E-state index contributed by atoms with van der Waals surface area (Å²) in [7, 11) is 0. The number of hydrogen-bond acceptors (Lipinski definition) is 1. The van der Waals surface area contributed by atoms with Crippen molar-refractivity contribution in [3.05, 3.63) is 29.3 Å². The lowest BCUT2D eigenvalue weighted by molar-refractivity contribution is 0.0306. The van der Waals surface area contributed by atoms with Gasteiger partial charge in [-0.1, -0.05) is 26.0 Å². The minimum absolute atomic E-state index is 0.00310. The summed E-state index contributed by atoms with van der Waals surface area (Å²) in [5.74, 6) is 1.77. The average molecular weight is 216 g/mol. The fraction of sp³-hybridized carbons (Fsp3) is 0.600. The van der Waals surface area contributed by atoms with Crippen LogP contribution in [0.15, 0.2) is 18.2 Å². The summed E-state index contributed by atoms with van der Waals surface area (Å²) in [4.78, 5) is 0. The molecule has 3 rings (SSSR count). The number of ether oxygens (including phenoxy) is 1. The lowest BCUT2D eigenvalue weighted by Crippen LogP contribution is -2.46. The Hall–Kier alpha value is -0.980. The number of hydrogen-bond donors (Lipinski definition) is 0. The van der Waals surface area contributed by atoms with E-state index in [0.717, 1.165) is 5.75 Å². The Bertz CT molecular complexity index is 451. The highest BCUT2D eigenvalue weighted by Gasteiger charge is 2.60. The first kappa shape index (κ1) is 10.2. The molecule has 0 saturated heterocycles. The van der Waals surface area contributed by atoms with E-state index in [9.17, 15) is 0 Å². The van der Waals surface area contributed by atoms with Crippen molar-refractivity contribution in [2.24, 2.45) is 5.92 Å². The van der Waals surface area contributed by atoms with Gasteiger partial charge in [0.2, 0.25) is 0 Å². The zero-order chi connectivity index (χ0) is 11.6. The van der Waals surface area contributed by atoms with Crippen molar-refractivity contribution in [1.29, 1.82) is 0 Å². The normalized spacial score (nSPS) is 40.4. The second-order valence-electron chi connectivity index (χ2n) is 5.98. The van der Waals surface area contributed by atoms with Gasteiger partial charge in [-0.3, -0.25) is 0 Å². The Labute approximate surface area is 97.8 Å². The Morgan fingerprint density at radius 1 is 1.31 bits per heavy atom. The summed E-state index contributed by atoms with van der Waals surface area (Å²) in [5.41, 5.74) is 2.93. The summed E-state index contributed by atoms with van der Waals surface area (Å²) in [6.07, 6.45) is 2.53. The third kappa shape index (κ3) is 0.971. The Morgan fingerprint density at radius 2 is 2.06 bits per heavy atom. The van der Waals surface area contributed by atoms with Crippen LogP contribution in [0.2, 0.25) is 0 Å². The molecule has 1 fully saturated rings. The maximum atomic E-state index is 6.31. The Balaban J connectivity index is 2.19. The summed E-state index contributed by atoms with van der Waals surface area (Å²) in [5, 5.41) is 0. The first-order chi connectivity index (χ1) is 7.47. The summed E-state index contributed by atoms with van der Waals surface area (Å²) in [6, 6.07) is 6.67. The van der Waals surface area contributed by atoms with Crippen LogP contribution < -0.4 is 4.74 Å². The molecular formula is C15H20O. The highest BCUT2D eigenvalue weighted by Crippen LogP contribution is 2.60. The van der Waals surface area contributed by atoms with Gasteiger partial charge in [0.1, 0.15) is 11.4 Å². The maximum Gasteiger partial charge on any atom is 0.124 e. The first-order valence-corrected chi connectivity index (χ1v) is 6.27. The van der Waals surface area contributed by atoms with Crippen molar-refractivity contribution in [3.63, 3.8) is 0 Å². The molecule has 3 atom stereocenters. The molecule has 0 radical (unpaired) electrons. The molecule has 1 aliphatic carbocycles. The standard InChI is InChI=1S/C15H20O/c1-10-5-6-12-13(9-10)16-15(4)11(2)7-8-14(12,15)3/h5-6,9,11H,7-8H2,1-4H3. The van der Waals surface area contributed by atoms with Gasteiger partial charge in [-0.25, -0.2) is 0 Å². The van der Waals surface area contributed by atoms with E-state index < -0.39 is 0 Å². The zero-order valence-corrected chi connectivity index (χ0v) is 10.6. The van der Waals surface area contributed by atoms with Gasteiger partial charge in [-0.2, -0.15) is 0 Å². The number of fused-ring (bicyclic) bond motifs is 3. The van der Waals surface area contributed by atoms with Gasteiger partial charge in [0.05, 0.1) is 0 Å². The van der Waals surface area contributed by atoms with Gasteiger partial charge in [0.25, 0.3) is 0 Å². The molecule has 86 valence electrons. The van der Waals surface area contributed by atoms with Crippen molar-refractivity contribution >= 4 is 0 Å². The van der Waals surface area contributed by atoms with Gasteiger partial charge in [-0.05, 0) is 44.2 Å². The second-order valence-corrected chi connectivity index (χ2v) is 5.98. The topological polar surface area (TPSA) is 9.23 Å². The van der Waals surface area contributed by atoms with E-state index in [1.54, 1.807) is 0 Å². The molecule has 1 aliphatic heterocycles. The van der Waals surface area contributed by atoms with Gasteiger partial charge >= 0.3 is 0 Å². The van der Waals surface area contributed by atoms with Crippen LogP contribution in [-0.4, -0.2) is 5.60 Å². The summed E-state index contributed by atoms with van der Waals surface area (Å²) < 4.78 is 6.31. The van der Waals surface area contributed by atoms with Crippen molar-refractivity contribution < 1.29 is 4.74 Å². The lowest BCUT2D eigenvalue weighted by Gasteiger charge is -2.36. The quantitative estimate of drug-likeness (QED) is 0.640. The molecule has 0 spiro atoms. The molecule has 16 heavy (non-hydrogen) atoms. The molecule has 0 N–H and O–H groups in total. The molecule has 0 bridgehead atoms. The second kappa shape index (κ2) is 2.82. The molecule has 1 saturated carbocycles. The molecule has 0 amide bonds. The van der Waals surface area contributed by atoms with Gasteiger partial charge in [0.15, 0.2) is 0 Å². The molecule has 1 aromatic carbocycles. The van der Waals surface area contributed by atoms with Crippen LogP contribution in [0.1, 0.15) is 44.7 Å². The SMILES string of the molecule is Cc1ccc2c(c1)OC1(C)C(C)CCC21C. The molecule has 3 unspecified atom stereocenters. The first-order valence-electron chi connectivity index (χ1n) is 6.27. The van der Waals surface area contributed by atoms with Crippen LogP contribution >= 0.6 is 0 Å². The Morgan fingerprint density at radius 3 is 2.81 bits per heavy atom. The van der Waals surface area contributed by atoms with E-state index in [4.69, 9.17) is 4.74 Å². The summed E-state index contributed by atoms with van der Waals surface area (Å²) >= 11 is 0. The zero-order valence-electron chi connectivity index (χ0n) is 10.6. The molecule has 0 aromatic heterocycles. The van der Waals surface area contributed by atoms with Gasteiger partial charge in [0, 0.05) is 11.0 Å². The van der Waals surface area contributed by atoms with E-state index in [2.05, 4.69) is 45.9 Å². The number of aryl methyl sites for hydroxylation is 1. The fourth-order valence-electron chi connectivity index (χ4n) is 3.59. The predicted molar refractivity (Wildman–Crippen MR) is 66.0 cm³/mol. The Kier molecular flexibility index (Phi) is 1.80. The molecule has 2 aliphatic rings. The maximum absolute atomic E-state index is 6.31. The largest absolute Gasteiger partial charge is 0.486 e. The lowest BCUT2D eigenvalue weighted by atomic mass is 9.71. The van der Waals surface area contributed by atoms with Gasteiger partial charge in [-0.15, -0.1) is 0 Å². The van der Waals surface area contributed by atoms with E-state index >= 15 is 0 Å². The van der Waals surface area contributed by atoms with Crippen molar-refractivity contribution in [2.45, 2.75) is 51.6 Å². The molecule has 1 heterocycles. The van der Waals surface area contributed by atoms with E-state index in [-0.39, 0.29) is 11.0 Å². The molecular weight excluding hydrogens is 196 g/mol. The minimum atomic E-state index is 0.00310. The average Bonchev–Trinajstić information content (AvgIpc) is 2.57. The van der Waals surface area contributed by atoms with Crippen molar-refractivity contribution in [3.8, 4) is 5.75 Å².